The molecular weight excluding hydrogens is 376 g/mol. The number of carbonyl (C=O) groups excluding carboxylic acids is 1. The number of hydrogen-bond donors (Lipinski definition) is 0. The van der Waals surface area contributed by atoms with Gasteiger partial charge in [-0.15, -0.1) is 0 Å². The van der Waals surface area contributed by atoms with Gasteiger partial charge in [0.1, 0.15) is 11.6 Å². The summed E-state index contributed by atoms with van der Waals surface area (Å²) in [7, 11) is 0. The predicted molar refractivity (Wildman–Crippen MR) is 95.6 cm³/mol. The van der Waals surface area contributed by atoms with E-state index >= 15 is 0 Å². The van der Waals surface area contributed by atoms with E-state index < -0.39 is 12.8 Å². The topological polar surface area (TPSA) is 32.8 Å². The van der Waals surface area contributed by atoms with Crippen molar-refractivity contribution in [3.8, 4) is 5.75 Å². The first-order chi connectivity index (χ1) is 13.3. The summed E-state index contributed by atoms with van der Waals surface area (Å²) in [5, 5.41) is 0. The second-order valence-electron chi connectivity index (χ2n) is 6.59. The second-order valence-corrected chi connectivity index (χ2v) is 6.59. The largest absolute Gasteiger partial charge is 0.484 e. The fourth-order valence-corrected chi connectivity index (χ4v) is 3.04. The van der Waals surface area contributed by atoms with Crippen LogP contribution in [0.3, 0.4) is 0 Å². The molecule has 1 saturated heterocycles. The molecule has 1 heterocycles. The molecular formula is C20H20F4N2O2. The van der Waals surface area contributed by atoms with Gasteiger partial charge >= 0.3 is 6.18 Å². The maximum atomic E-state index is 13.8. The number of carbonyl (C=O) groups is 1. The third-order valence-electron chi connectivity index (χ3n) is 4.49. The van der Waals surface area contributed by atoms with Crippen molar-refractivity contribution >= 4 is 5.91 Å². The highest BCUT2D eigenvalue weighted by Crippen LogP contribution is 2.21. The number of alkyl halides is 3. The first kappa shape index (κ1) is 20.1. The van der Waals surface area contributed by atoms with Crippen LogP contribution in [0, 0.1) is 5.82 Å². The summed E-state index contributed by atoms with van der Waals surface area (Å²) < 4.78 is 55.3. The van der Waals surface area contributed by atoms with Gasteiger partial charge in [-0.1, -0.05) is 24.3 Å². The lowest BCUT2D eigenvalue weighted by Gasteiger charge is -2.34. The van der Waals surface area contributed by atoms with Crippen LogP contribution in [0.2, 0.25) is 0 Å². The number of benzene rings is 2. The quantitative estimate of drug-likeness (QED) is 0.723. The second kappa shape index (κ2) is 8.60. The van der Waals surface area contributed by atoms with E-state index in [0.29, 0.717) is 38.3 Å². The molecule has 1 amide bonds. The van der Waals surface area contributed by atoms with Crippen LogP contribution in [0.5, 0.6) is 5.75 Å². The van der Waals surface area contributed by atoms with Crippen LogP contribution in [-0.2, 0) is 6.54 Å². The minimum atomic E-state index is -4.44. The summed E-state index contributed by atoms with van der Waals surface area (Å²) in [4.78, 5) is 16.3. The van der Waals surface area contributed by atoms with Crippen molar-refractivity contribution in [2.24, 2.45) is 0 Å². The molecule has 4 nitrogen and oxygen atoms in total. The normalized spacial score (nSPS) is 15.5. The van der Waals surface area contributed by atoms with E-state index in [-0.39, 0.29) is 23.0 Å². The molecule has 0 atom stereocenters. The molecule has 28 heavy (non-hydrogen) atoms. The molecule has 0 aliphatic carbocycles. The van der Waals surface area contributed by atoms with Gasteiger partial charge in [0, 0.05) is 43.9 Å². The molecule has 0 unspecified atom stereocenters. The molecule has 0 bridgehead atoms. The molecule has 1 aliphatic rings. The Balaban J connectivity index is 1.56. The first-order valence-electron chi connectivity index (χ1n) is 8.86. The summed E-state index contributed by atoms with van der Waals surface area (Å²) in [6.45, 7) is 1.16. The van der Waals surface area contributed by atoms with Gasteiger partial charge in [0.15, 0.2) is 6.61 Å². The Morgan fingerprint density at radius 3 is 2.39 bits per heavy atom. The molecule has 1 fully saturated rings. The third-order valence-corrected chi connectivity index (χ3v) is 4.49. The van der Waals surface area contributed by atoms with Crippen LogP contribution in [0.1, 0.15) is 15.9 Å². The van der Waals surface area contributed by atoms with E-state index in [1.165, 1.54) is 24.3 Å². The van der Waals surface area contributed by atoms with Gasteiger partial charge in [-0.2, -0.15) is 13.2 Å². The number of halogens is 4. The summed E-state index contributed by atoms with van der Waals surface area (Å²) in [6, 6.07) is 12.3. The van der Waals surface area contributed by atoms with E-state index in [4.69, 9.17) is 4.74 Å². The maximum absolute atomic E-state index is 13.8. The molecule has 2 aromatic rings. The monoisotopic (exact) mass is 396 g/mol. The van der Waals surface area contributed by atoms with Gasteiger partial charge in [0.2, 0.25) is 0 Å². The minimum Gasteiger partial charge on any atom is -0.484 e. The molecule has 0 saturated carbocycles. The Morgan fingerprint density at radius 2 is 1.71 bits per heavy atom. The number of rotatable bonds is 5. The van der Waals surface area contributed by atoms with E-state index in [0.717, 1.165) is 0 Å². The lowest BCUT2D eigenvalue weighted by molar-refractivity contribution is -0.153. The van der Waals surface area contributed by atoms with Gasteiger partial charge in [0.25, 0.3) is 5.91 Å². The van der Waals surface area contributed by atoms with Crippen molar-refractivity contribution < 1.29 is 27.1 Å². The zero-order valence-corrected chi connectivity index (χ0v) is 15.1. The van der Waals surface area contributed by atoms with Crippen LogP contribution in [0.4, 0.5) is 17.6 Å². The Kier molecular flexibility index (Phi) is 6.18. The van der Waals surface area contributed by atoms with Crippen LogP contribution in [-0.4, -0.2) is 54.7 Å². The smallest absolute Gasteiger partial charge is 0.422 e. The molecule has 0 spiro atoms. The Labute approximate surface area is 160 Å². The summed E-state index contributed by atoms with van der Waals surface area (Å²) in [5.41, 5.74) is 0.888. The molecule has 3 rings (SSSR count). The number of nitrogens with zero attached hydrogens (tertiary/aromatic N) is 2. The van der Waals surface area contributed by atoms with Gasteiger partial charge in [0.05, 0.1) is 0 Å². The number of hydrogen-bond acceptors (Lipinski definition) is 3. The first-order valence-corrected chi connectivity index (χ1v) is 8.86. The van der Waals surface area contributed by atoms with Gasteiger partial charge < -0.3 is 9.64 Å². The molecule has 150 valence electrons. The molecule has 1 aliphatic heterocycles. The minimum absolute atomic E-state index is 0.00126. The average Bonchev–Trinajstić information content (AvgIpc) is 2.68. The van der Waals surface area contributed by atoms with Crippen LogP contribution >= 0.6 is 0 Å². The van der Waals surface area contributed by atoms with Gasteiger partial charge in [-0.25, -0.2) is 4.39 Å². The summed E-state index contributed by atoms with van der Waals surface area (Å²) in [5.74, 6) is -0.513. The molecule has 8 heteroatoms. The Bertz CT molecular complexity index is 818. The van der Waals surface area contributed by atoms with Crippen molar-refractivity contribution in [2.75, 3.05) is 32.8 Å². The highest BCUT2D eigenvalue weighted by Gasteiger charge is 2.28. The van der Waals surface area contributed by atoms with Crippen molar-refractivity contribution in [3.05, 3.63) is 65.5 Å². The van der Waals surface area contributed by atoms with E-state index in [1.807, 2.05) is 0 Å². The Morgan fingerprint density at radius 1 is 1.00 bits per heavy atom. The third kappa shape index (κ3) is 5.45. The van der Waals surface area contributed by atoms with Crippen molar-refractivity contribution in [2.45, 2.75) is 12.7 Å². The summed E-state index contributed by atoms with van der Waals surface area (Å²) in [6.07, 6.45) is -4.44. The van der Waals surface area contributed by atoms with E-state index in [9.17, 15) is 22.4 Å². The highest BCUT2D eigenvalue weighted by molar-refractivity contribution is 5.94. The number of amides is 1. The maximum Gasteiger partial charge on any atom is 0.422 e. The van der Waals surface area contributed by atoms with Crippen molar-refractivity contribution in [1.29, 1.82) is 0 Å². The molecule has 2 aromatic carbocycles. The number of piperazine rings is 1. The van der Waals surface area contributed by atoms with Crippen LogP contribution in [0.25, 0.3) is 0 Å². The highest BCUT2D eigenvalue weighted by atomic mass is 19.4. The average molecular weight is 396 g/mol. The summed E-state index contributed by atoms with van der Waals surface area (Å²) >= 11 is 0. The zero-order valence-electron chi connectivity index (χ0n) is 15.1. The lowest BCUT2D eigenvalue weighted by Crippen LogP contribution is -2.48. The fourth-order valence-electron chi connectivity index (χ4n) is 3.04. The zero-order chi connectivity index (χ0) is 20.1. The standard InChI is InChI=1S/C20H20F4N2O2/c21-18-7-2-1-4-16(18)13-25-8-10-26(11-9-25)19(27)15-5-3-6-17(12-15)28-14-20(22,23)24/h1-7,12H,8-11,13-14H2. The number of ether oxygens (including phenoxy) is 1. The van der Waals surface area contributed by atoms with Crippen LogP contribution < -0.4 is 4.74 Å². The van der Waals surface area contributed by atoms with E-state index in [2.05, 4.69) is 4.90 Å². The van der Waals surface area contributed by atoms with Crippen molar-refractivity contribution in [1.82, 2.24) is 9.80 Å². The van der Waals surface area contributed by atoms with Crippen molar-refractivity contribution in [3.63, 3.8) is 0 Å². The fraction of sp³-hybridized carbons (Fsp3) is 0.350. The SMILES string of the molecule is O=C(c1cccc(OCC(F)(F)F)c1)N1CCN(Cc2ccccc2F)CC1. The van der Waals surface area contributed by atoms with Gasteiger partial charge in [-0.3, -0.25) is 9.69 Å². The predicted octanol–water partition coefficient (Wildman–Crippen LogP) is 3.72. The molecule has 0 aromatic heterocycles. The van der Waals surface area contributed by atoms with E-state index in [1.54, 1.807) is 29.2 Å². The Hall–Kier alpha value is -2.61. The molecule has 0 radical (unpaired) electrons. The van der Waals surface area contributed by atoms with Crippen LogP contribution in [0.15, 0.2) is 48.5 Å². The molecule has 0 N–H and O–H groups in total. The lowest BCUT2D eigenvalue weighted by atomic mass is 10.1. The van der Waals surface area contributed by atoms with Gasteiger partial charge in [-0.05, 0) is 24.3 Å².